The van der Waals surface area contributed by atoms with E-state index < -0.39 is 0 Å². The normalized spacial score (nSPS) is 16.0. The van der Waals surface area contributed by atoms with Gasteiger partial charge in [-0.05, 0) is 18.1 Å². The number of rotatable bonds is 6. The van der Waals surface area contributed by atoms with Crippen molar-refractivity contribution in [1.82, 2.24) is 10.3 Å². The van der Waals surface area contributed by atoms with Crippen molar-refractivity contribution in [3.05, 3.63) is 64.5 Å². The van der Waals surface area contributed by atoms with Gasteiger partial charge < -0.3 is 14.8 Å². The predicted molar refractivity (Wildman–Crippen MR) is 105 cm³/mol. The van der Waals surface area contributed by atoms with E-state index in [0.717, 1.165) is 41.6 Å². The maximum atomic E-state index is 5.92. The van der Waals surface area contributed by atoms with E-state index in [0.29, 0.717) is 12.6 Å². The van der Waals surface area contributed by atoms with E-state index in [1.165, 1.54) is 11.1 Å². The molecular formula is C21H22N2O2S. The second-order valence-corrected chi connectivity index (χ2v) is 7.30. The van der Waals surface area contributed by atoms with Crippen LogP contribution in [0.25, 0.3) is 11.3 Å². The molecule has 1 aliphatic rings. The molecule has 2 aromatic carbocycles. The smallest absolute Gasteiger partial charge is 0.164 e. The Labute approximate surface area is 157 Å². The minimum atomic E-state index is 0.322. The first kappa shape index (κ1) is 17.1. The molecule has 3 aromatic rings. The van der Waals surface area contributed by atoms with Crippen molar-refractivity contribution < 1.29 is 9.47 Å². The highest BCUT2D eigenvalue weighted by Gasteiger charge is 2.22. The lowest BCUT2D eigenvalue weighted by molar-refractivity contribution is 0.228. The Bertz CT molecular complexity index is 863. The Hall–Kier alpha value is -2.37. The molecule has 1 aliphatic heterocycles. The van der Waals surface area contributed by atoms with Gasteiger partial charge in [0.05, 0.1) is 17.8 Å². The van der Waals surface area contributed by atoms with Crippen LogP contribution >= 0.6 is 11.3 Å². The van der Waals surface area contributed by atoms with Crippen LogP contribution in [0.4, 0.5) is 0 Å². The molecule has 0 saturated carbocycles. The lowest BCUT2D eigenvalue weighted by Crippen LogP contribution is -2.40. The number of fused-ring (bicyclic) bond motifs is 1. The van der Waals surface area contributed by atoms with Gasteiger partial charge in [0.15, 0.2) is 11.5 Å². The molecule has 4 nitrogen and oxygen atoms in total. The van der Waals surface area contributed by atoms with Crippen molar-refractivity contribution in [3.8, 4) is 22.8 Å². The van der Waals surface area contributed by atoms with Crippen molar-refractivity contribution in [3.63, 3.8) is 0 Å². The second kappa shape index (κ2) is 7.89. The Kier molecular flexibility index (Phi) is 5.18. The van der Waals surface area contributed by atoms with Crippen molar-refractivity contribution >= 4 is 11.3 Å². The SMILES string of the molecule is COc1cccc2c1OCC(NCCc1nc(-c3ccccc3)cs1)C2. The van der Waals surface area contributed by atoms with Crippen LogP contribution in [0.1, 0.15) is 10.6 Å². The minimum Gasteiger partial charge on any atom is -0.493 e. The number of thiazole rings is 1. The molecule has 26 heavy (non-hydrogen) atoms. The fourth-order valence-corrected chi connectivity index (χ4v) is 4.04. The molecule has 0 bridgehead atoms. The number of para-hydroxylation sites is 1. The molecule has 2 heterocycles. The maximum Gasteiger partial charge on any atom is 0.164 e. The van der Waals surface area contributed by atoms with Gasteiger partial charge in [0.25, 0.3) is 0 Å². The van der Waals surface area contributed by atoms with Crippen molar-refractivity contribution in [1.29, 1.82) is 0 Å². The summed E-state index contributed by atoms with van der Waals surface area (Å²) in [5.74, 6) is 1.71. The van der Waals surface area contributed by atoms with Crippen LogP contribution < -0.4 is 14.8 Å². The average molecular weight is 366 g/mol. The molecule has 1 unspecified atom stereocenters. The van der Waals surface area contributed by atoms with E-state index in [2.05, 4.69) is 28.9 Å². The van der Waals surface area contributed by atoms with Gasteiger partial charge >= 0.3 is 0 Å². The number of nitrogens with zero attached hydrogens (tertiary/aromatic N) is 1. The first-order valence-electron chi connectivity index (χ1n) is 8.85. The number of nitrogens with one attached hydrogen (secondary N) is 1. The zero-order valence-electron chi connectivity index (χ0n) is 14.8. The second-order valence-electron chi connectivity index (χ2n) is 6.36. The van der Waals surface area contributed by atoms with Gasteiger partial charge in [-0.3, -0.25) is 0 Å². The van der Waals surface area contributed by atoms with Crippen LogP contribution in [0.5, 0.6) is 11.5 Å². The minimum absolute atomic E-state index is 0.322. The number of ether oxygens (including phenoxy) is 2. The first-order chi connectivity index (χ1) is 12.8. The van der Waals surface area contributed by atoms with Crippen LogP contribution in [-0.2, 0) is 12.8 Å². The topological polar surface area (TPSA) is 43.4 Å². The maximum absolute atomic E-state index is 5.92. The summed E-state index contributed by atoms with van der Waals surface area (Å²) >= 11 is 1.73. The molecule has 0 aliphatic carbocycles. The number of hydrogen-bond acceptors (Lipinski definition) is 5. The fourth-order valence-electron chi connectivity index (χ4n) is 3.24. The van der Waals surface area contributed by atoms with Gasteiger partial charge in [0.1, 0.15) is 6.61 Å². The number of methoxy groups -OCH3 is 1. The molecule has 0 radical (unpaired) electrons. The lowest BCUT2D eigenvalue weighted by Gasteiger charge is -2.27. The third-order valence-corrected chi connectivity index (χ3v) is 5.48. The number of benzene rings is 2. The van der Waals surface area contributed by atoms with Crippen molar-refractivity contribution in [2.24, 2.45) is 0 Å². The Morgan fingerprint density at radius 2 is 2.08 bits per heavy atom. The van der Waals surface area contributed by atoms with Gasteiger partial charge in [0.2, 0.25) is 0 Å². The fraction of sp³-hybridized carbons (Fsp3) is 0.286. The number of hydrogen-bond donors (Lipinski definition) is 1. The largest absolute Gasteiger partial charge is 0.493 e. The zero-order valence-corrected chi connectivity index (χ0v) is 15.6. The Morgan fingerprint density at radius 3 is 2.92 bits per heavy atom. The molecule has 0 spiro atoms. The molecule has 0 fully saturated rings. The molecule has 0 saturated heterocycles. The predicted octanol–water partition coefficient (Wildman–Crippen LogP) is 3.95. The summed E-state index contributed by atoms with van der Waals surface area (Å²) in [6.45, 7) is 1.57. The Morgan fingerprint density at radius 1 is 1.19 bits per heavy atom. The van der Waals surface area contributed by atoms with Crippen LogP contribution in [0, 0.1) is 0 Å². The highest BCUT2D eigenvalue weighted by Crippen LogP contribution is 2.34. The number of aromatic nitrogens is 1. The van der Waals surface area contributed by atoms with Gasteiger partial charge in [-0.2, -0.15) is 0 Å². The molecular weight excluding hydrogens is 344 g/mol. The summed E-state index contributed by atoms with van der Waals surface area (Å²) < 4.78 is 11.3. The lowest BCUT2D eigenvalue weighted by atomic mass is 10.0. The highest BCUT2D eigenvalue weighted by molar-refractivity contribution is 7.09. The van der Waals surface area contributed by atoms with Crippen LogP contribution in [0.15, 0.2) is 53.9 Å². The summed E-state index contributed by atoms with van der Waals surface area (Å²) in [5.41, 5.74) is 3.44. The van der Waals surface area contributed by atoms with Crippen molar-refractivity contribution in [2.75, 3.05) is 20.3 Å². The molecule has 4 rings (SSSR count). The molecule has 134 valence electrons. The van der Waals surface area contributed by atoms with Crippen LogP contribution in [-0.4, -0.2) is 31.3 Å². The van der Waals surface area contributed by atoms with Gasteiger partial charge in [-0.15, -0.1) is 11.3 Å². The molecule has 1 atom stereocenters. The van der Waals surface area contributed by atoms with Crippen LogP contribution in [0.2, 0.25) is 0 Å². The Balaban J connectivity index is 1.31. The molecule has 1 N–H and O–H groups in total. The molecule has 5 heteroatoms. The van der Waals surface area contributed by atoms with Crippen molar-refractivity contribution in [2.45, 2.75) is 18.9 Å². The molecule has 1 aromatic heterocycles. The monoisotopic (exact) mass is 366 g/mol. The summed E-state index contributed by atoms with van der Waals surface area (Å²) in [5, 5.41) is 6.90. The third kappa shape index (κ3) is 3.74. The average Bonchev–Trinajstić information content (AvgIpc) is 3.17. The van der Waals surface area contributed by atoms with E-state index in [4.69, 9.17) is 14.5 Å². The van der Waals surface area contributed by atoms with E-state index in [1.807, 2.05) is 30.3 Å². The summed E-state index contributed by atoms with van der Waals surface area (Å²) in [4.78, 5) is 4.75. The summed E-state index contributed by atoms with van der Waals surface area (Å²) in [6.07, 6.45) is 1.89. The van der Waals surface area contributed by atoms with Gasteiger partial charge in [0, 0.05) is 30.0 Å². The highest BCUT2D eigenvalue weighted by atomic mass is 32.1. The van der Waals surface area contributed by atoms with E-state index in [-0.39, 0.29) is 0 Å². The van der Waals surface area contributed by atoms with E-state index >= 15 is 0 Å². The van der Waals surface area contributed by atoms with E-state index in [9.17, 15) is 0 Å². The van der Waals surface area contributed by atoms with Gasteiger partial charge in [-0.25, -0.2) is 4.98 Å². The third-order valence-electron chi connectivity index (χ3n) is 4.57. The first-order valence-corrected chi connectivity index (χ1v) is 9.73. The van der Waals surface area contributed by atoms with E-state index in [1.54, 1.807) is 18.4 Å². The summed E-state index contributed by atoms with van der Waals surface area (Å²) in [7, 11) is 1.68. The quantitative estimate of drug-likeness (QED) is 0.717. The zero-order chi connectivity index (χ0) is 17.8. The summed E-state index contributed by atoms with van der Waals surface area (Å²) in [6, 6.07) is 16.7. The van der Waals surface area contributed by atoms with Crippen LogP contribution in [0.3, 0.4) is 0 Å². The van der Waals surface area contributed by atoms with Gasteiger partial charge in [-0.1, -0.05) is 42.5 Å². The standard InChI is InChI=1S/C21H22N2O2S/c1-24-19-9-5-8-16-12-17(13-25-21(16)19)22-11-10-20-23-18(14-26-20)15-6-3-2-4-7-15/h2-9,14,17,22H,10-13H2,1H3. The molecule has 0 amide bonds.